The number of hydrogen-bond donors (Lipinski definition) is 3. The van der Waals surface area contributed by atoms with E-state index in [4.69, 9.17) is 0 Å². The number of phenolic OH excluding ortho intramolecular Hbond substituents is 3. The van der Waals surface area contributed by atoms with Gasteiger partial charge in [0.2, 0.25) is 0 Å². The van der Waals surface area contributed by atoms with E-state index in [1.807, 2.05) is 20.8 Å². The summed E-state index contributed by atoms with van der Waals surface area (Å²) in [5.74, 6) is -6.89. The molecule has 3 aromatic carbocycles. The molecule has 18 nitrogen and oxygen atoms in total. The molecule has 0 bridgehead atoms. The lowest BCUT2D eigenvalue weighted by Gasteiger charge is -2.36. The van der Waals surface area contributed by atoms with Crippen molar-refractivity contribution in [2.75, 3.05) is 32.5 Å². The fourth-order valence-corrected chi connectivity index (χ4v) is 13.4. The van der Waals surface area contributed by atoms with Gasteiger partial charge in [0.1, 0.15) is 34.4 Å². The molecule has 0 spiro atoms. The topological polar surface area (TPSA) is 231 Å². The maximum absolute atomic E-state index is 15.1. The third-order valence-corrected chi connectivity index (χ3v) is 15.8. The first-order chi connectivity index (χ1) is 26.7. The largest absolute Gasteiger partial charge is 0.506 e. The van der Waals surface area contributed by atoms with Gasteiger partial charge in [0.25, 0.3) is 0 Å². The molecular weight excluding hydrogens is 805 g/mol. The number of unbranched alkanes of at least 4 members (excludes halogenated alkanes) is 3. The van der Waals surface area contributed by atoms with Crippen molar-refractivity contribution in [2.45, 2.75) is 72.6 Å². The zero-order chi connectivity index (χ0) is 41.8. The molecule has 3 aliphatic heterocycles. The van der Waals surface area contributed by atoms with E-state index in [0.717, 1.165) is 37.8 Å². The van der Waals surface area contributed by atoms with Crippen LogP contribution in [0, 0.1) is 5.92 Å². The summed E-state index contributed by atoms with van der Waals surface area (Å²) in [6, 6.07) is 11.6. The molecule has 3 aliphatic rings. The molecule has 57 heavy (non-hydrogen) atoms. The third-order valence-electron chi connectivity index (χ3n) is 9.97. The number of quaternary nitrogens is 1. The number of amides is 3. The van der Waals surface area contributed by atoms with E-state index in [0.29, 0.717) is 44.6 Å². The third kappa shape index (κ3) is 6.68. The fraction of sp³-hybridized carbons (Fsp3) is 0.417. The van der Waals surface area contributed by atoms with Crippen molar-refractivity contribution < 1.29 is 59.1 Å². The number of nitrogens with zero attached hydrogens (tertiary/aromatic N) is 6. The maximum Gasteiger partial charge on any atom is 0.454 e. The Hall–Kier alpha value is -5.12. The standard InChI is InChI=1S/C36H44N6O12S3/c1-5-7-8-9-10-26-12-15-30(32(44)19-26)39-23-36(48)42(57(39,53)54,40-34(46)21-37(55(40,49)50)28-14-11-25(6-2)18-31(28)43)41-35(47)22-38(56(41,51)52)29-16-13-27(17-24(3)4)20-33(29)45/h11-16,18-20,24H,5-10,17,21-23H2,1-4H3,(H2-,43,44,45)/p+1. The minimum absolute atomic E-state index is 0.133. The SMILES string of the molecule is CCCCCCc1ccc(N2CC(=O)[N+](N3C(=O)CN(c4ccc(CC)cc4O)S3(=O)=O)(N3C(=O)CN(c4ccc(CC(C)C)cc4O)S3(=O)=O)S2(=O)=O)c(O)c1. The molecule has 1 atom stereocenters. The molecule has 3 fully saturated rings. The van der Waals surface area contributed by atoms with Gasteiger partial charge in [-0.3, -0.25) is 9.59 Å². The van der Waals surface area contributed by atoms with Gasteiger partial charge in [0.05, 0.1) is 17.1 Å². The number of phenols is 3. The molecule has 21 heteroatoms. The number of rotatable bonds is 13. The first-order valence-electron chi connectivity index (χ1n) is 18.4. The Labute approximate surface area is 331 Å². The Morgan fingerprint density at radius 2 is 1.07 bits per heavy atom. The molecule has 1 unspecified atom stereocenters. The predicted molar refractivity (Wildman–Crippen MR) is 208 cm³/mol. The lowest BCUT2D eigenvalue weighted by molar-refractivity contribution is -0.898. The summed E-state index contributed by atoms with van der Waals surface area (Å²) in [4.78, 5) is 42.8. The van der Waals surface area contributed by atoms with Crippen LogP contribution in [0.2, 0.25) is 0 Å². The van der Waals surface area contributed by atoms with Gasteiger partial charge < -0.3 is 15.3 Å². The number of carbonyl (C=O) groups excluding carboxylic acids is 3. The molecule has 0 radical (unpaired) electrons. The van der Waals surface area contributed by atoms with Crippen LogP contribution in [-0.2, 0) is 64.3 Å². The molecule has 0 saturated carbocycles. The van der Waals surface area contributed by atoms with Gasteiger partial charge in [-0.05, 0) is 93.5 Å². The molecule has 3 N–H and O–H groups in total. The van der Waals surface area contributed by atoms with E-state index in [1.165, 1.54) is 42.5 Å². The van der Waals surface area contributed by atoms with Crippen molar-refractivity contribution in [1.29, 1.82) is 0 Å². The Morgan fingerprint density at radius 3 is 1.54 bits per heavy atom. The average molecular weight is 850 g/mol. The minimum Gasteiger partial charge on any atom is -0.506 e. The molecule has 3 saturated heterocycles. The van der Waals surface area contributed by atoms with Crippen LogP contribution in [0.3, 0.4) is 0 Å². The average Bonchev–Trinajstić information content (AvgIpc) is 3.59. The Balaban J connectivity index is 1.54. The molecule has 0 aromatic heterocycles. The summed E-state index contributed by atoms with van der Waals surface area (Å²) in [5, 5.41) is 33.0. The summed E-state index contributed by atoms with van der Waals surface area (Å²) in [7, 11) is -17.3. The highest BCUT2D eigenvalue weighted by atomic mass is 32.2. The highest BCUT2D eigenvalue weighted by molar-refractivity contribution is 7.94. The van der Waals surface area contributed by atoms with Crippen LogP contribution in [0.5, 0.6) is 17.2 Å². The van der Waals surface area contributed by atoms with E-state index in [1.54, 1.807) is 6.92 Å². The second kappa shape index (κ2) is 15.0. The summed E-state index contributed by atoms with van der Waals surface area (Å²) < 4.78 is 85.4. The normalized spacial score (nSPS) is 21.4. The Kier molecular flexibility index (Phi) is 10.9. The number of carbonyl (C=O) groups is 3. The van der Waals surface area contributed by atoms with Crippen LogP contribution in [0.25, 0.3) is 0 Å². The molecule has 0 aliphatic carbocycles. The number of anilines is 3. The van der Waals surface area contributed by atoms with E-state index >= 15 is 8.42 Å². The van der Waals surface area contributed by atoms with Crippen LogP contribution in [0.15, 0.2) is 54.6 Å². The smallest absolute Gasteiger partial charge is 0.454 e. The predicted octanol–water partition coefficient (Wildman–Crippen LogP) is 3.11. The van der Waals surface area contributed by atoms with Crippen LogP contribution in [0.1, 0.15) is 70.1 Å². The van der Waals surface area contributed by atoms with Crippen molar-refractivity contribution in [3.8, 4) is 17.2 Å². The monoisotopic (exact) mass is 849 g/mol. The van der Waals surface area contributed by atoms with E-state index in [9.17, 15) is 46.5 Å². The van der Waals surface area contributed by atoms with Crippen LogP contribution in [0.4, 0.5) is 17.1 Å². The number of hydrogen-bond acceptors (Lipinski definition) is 12. The minimum atomic E-state index is -5.95. The number of aromatic hydroxyl groups is 3. The zero-order valence-corrected chi connectivity index (χ0v) is 34.2. The van der Waals surface area contributed by atoms with Crippen molar-refractivity contribution in [3.05, 3.63) is 71.3 Å². The summed E-state index contributed by atoms with van der Waals surface area (Å²) in [5.41, 5.74) is 0.200. The van der Waals surface area contributed by atoms with E-state index in [2.05, 4.69) is 0 Å². The Bertz CT molecular complexity index is 2480. The number of benzene rings is 3. The summed E-state index contributed by atoms with van der Waals surface area (Å²) >= 11 is 0. The molecule has 6 rings (SSSR count). The van der Waals surface area contributed by atoms with Gasteiger partial charge in [0.15, 0.2) is 6.54 Å². The van der Waals surface area contributed by atoms with E-state index in [-0.39, 0.29) is 10.2 Å². The van der Waals surface area contributed by atoms with Gasteiger partial charge >= 0.3 is 48.3 Å². The summed E-state index contributed by atoms with van der Waals surface area (Å²) in [6.45, 7) is 3.84. The molecular formula is C36H45N6O12S3+. The highest BCUT2D eigenvalue weighted by Gasteiger charge is 2.81. The van der Waals surface area contributed by atoms with Crippen LogP contribution >= 0.6 is 0 Å². The van der Waals surface area contributed by atoms with Crippen LogP contribution < -0.4 is 12.9 Å². The van der Waals surface area contributed by atoms with Gasteiger partial charge in [-0.15, -0.1) is 8.42 Å². The highest BCUT2D eigenvalue weighted by Crippen LogP contribution is 2.48. The Morgan fingerprint density at radius 1 is 0.614 bits per heavy atom. The molecule has 3 heterocycles. The van der Waals surface area contributed by atoms with Gasteiger partial charge in [-0.2, -0.15) is 16.8 Å². The zero-order valence-electron chi connectivity index (χ0n) is 31.8. The van der Waals surface area contributed by atoms with Crippen molar-refractivity contribution in [3.63, 3.8) is 0 Å². The second-order valence-electron chi connectivity index (χ2n) is 14.5. The number of aryl methyl sites for hydroxylation is 2. The van der Waals surface area contributed by atoms with Gasteiger partial charge in [-0.25, -0.2) is 17.7 Å². The second-order valence-corrected chi connectivity index (χ2v) is 19.7. The van der Waals surface area contributed by atoms with Gasteiger partial charge in [-0.1, -0.05) is 65.2 Å². The summed E-state index contributed by atoms with van der Waals surface area (Å²) in [6.07, 6.45) is 4.98. The first kappa shape index (κ1) is 41.5. The van der Waals surface area contributed by atoms with Crippen molar-refractivity contribution >= 4 is 65.4 Å². The first-order valence-corrected chi connectivity index (χ1v) is 22.6. The molecule has 3 aromatic rings. The molecule has 308 valence electrons. The van der Waals surface area contributed by atoms with Gasteiger partial charge in [0, 0.05) is 0 Å². The van der Waals surface area contributed by atoms with Crippen molar-refractivity contribution in [2.24, 2.45) is 5.92 Å². The van der Waals surface area contributed by atoms with E-state index < -0.39 is 115 Å². The lowest BCUT2D eigenvalue weighted by Crippen LogP contribution is -2.75. The molecule has 3 amide bonds. The quantitative estimate of drug-likeness (QED) is 0.167. The van der Waals surface area contributed by atoms with Crippen molar-refractivity contribution in [1.82, 2.24) is 8.83 Å². The van der Waals surface area contributed by atoms with Crippen LogP contribution in [-0.4, -0.2) is 90.9 Å². The lowest BCUT2D eigenvalue weighted by atomic mass is 10.0. The fourth-order valence-electron chi connectivity index (χ4n) is 7.28. The maximum atomic E-state index is 15.1.